The maximum absolute atomic E-state index is 15.0. The van der Waals surface area contributed by atoms with Crippen LogP contribution in [0.2, 0.25) is 0 Å². The maximum Gasteiger partial charge on any atom is 0.341 e. The van der Waals surface area contributed by atoms with Crippen LogP contribution in [-0.4, -0.2) is 34.8 Å². The van der Waals surface area contributed by atoms with Crippen molar-refractivity contribution in [3.63, 3.8) is 0 Å². The van der Waals surface area contributed by atoms with Crippen LogP contribution in [0.5, 0.6) is 0 Å². The minimum absolute atomic E-state index is 0.00739. The largest absolute Gasteiger partial charge is 0.477 e. The number of aromatic carboxylic acids is 1. The van der Waals surface area contributed by atoms with Gasteiger partial charge in [0, 0.05) is 42.5 Å². The monoisotopic (exact) mass is 357 g/mol. The lowest BCUT2D eigenvalue weighted by Crippen LogP contribution is -2.30. The van der Waals surface area contributed by atoms with Crippen LogP contribution in [-0.2, 0) is 0 Å². The van der Waals surface area contributed by atoms with Crippen molar-refractivity contribution in [2.24, 2.45) is 11.1 Å². The lowest BCUT2D eigenvalue weighted by atomic mass is 10.0. The Balaban J connectivity index is 1.97. The van der Waals surface area contributed by atoms with Gasteiger partial charge in [-0.2, -0.15) is 0 Å². The van der Waals surface area contributed by atoms with Gasteiger partial charge in [-0.05, 0) is 25.8 Å². The molecule has 136 valence electrons. The number of hydrogen-bond acceptors (Lipinski definition) is 4. The van der Waals surface area contributed by atoms with E-state index < -0.39 is 22.8 Å². The first-order valence-electron chi connectivity index (χ1n) is 8.53. The van der Waals surface area contributed by atoms with Crippen molar-refractivity contribution in [1.82, 2.24) is 4.57 Å². The first-order valence-corrected chi connectivity index (χ1v) is 8.53. The highest BCUT2D eigenvalue weighted by Gasteiger charge is 2.54. The van der Waals surface area contributed by atoms with E-state index in [2.05, 4.69) is 6.58 Å². The van der Waals surface area contributed by atoms with Crippen molar-refractivity contribution in [2.45, 2.75) is 25.8 Å². The van der Waals surface area contributed by atoms with Crippen LogP contribution in [0.25, 0.3) is 17.1 Å². The van der Waals surface area contributed by atoms with E-state index in [0.717, 1.165) is 18.9 Å². The highest BCUT2D eigenvalue weighted by Crippen LogP contribution is 2.53. The molecule has 2 fully saturated rings. The molecule has 2 aromatic rings. The predicted octanol–water partition coefficient (Wildman–Crippen LogP) is 2.18. The van der Waals surface area contributed by atoms with Crippen molar-refractivity contribution in [3.05, 3.63) is 46.0 Å². The maximum atomic E-state index is 15.0. The molecule has 7 heteroatoms. The summed E-state index contributed by atoms with van der Waals surface area (Å²) < 4.78 is 16.4. The fourth-order valence-corrected chi connectivity index (χ4v) is 4.21. The summed E-state index contributed by atoms with van der Waals surface area (Å²) in [7, 11) is 0. The minimum Gasteiger partial charge on any atom is -0.477 e. The van der Waals surface area contributed by atoms with E-state index in [1.165, 1.54) is 17.0 Å². The second-order valence-electron chi connectivity index (χ2n) is 7.34. The number of anilines is 1. The van der Waals surface area contributed by atoms with E-state index in [-0.39, 0.29) is 16.8 Å². The molecule has 2 aliphatic rings. The molecule has 26 heavy (non-hydrogen) atoms. The summed E-state index contributed by atoms with van der Waals surface area (Å²) >= 11 is 0. The number of halogens is 1. The molecular formula is C19H20FN3O3. The van der Waals surface area contributed by atoms with Gasteiger partial charge in [-0.1, -0.05) is 6.58 Å². The number of aromatic nitrogens is 1. The summed E-state index contributed by atoms with van der Waals surface area (Å²) in [6, 6.07) is 1.14. The molecule has 1 unspecified atom stereocenters. The molecule has 1 saturated heterocycles. The zero-order valence-electron chi connectivity index (χ0n) is 14.5. The molecule has 3 N–H and O–H groups in total. The van der Waals surface area contributed by atoms with Gasteiger partial charge in [0.25, 0.3) is 0 Å². The highest BCUT2D eigenvalue weighted by atomic mass is 19.1. The smallest absolute Gasteiger partial charge is 0.341 e. The molecule has 4 rings (SSSR count). The standard InChI is InChI=1S/C19H20FN3O3/c1-3-22-7-12(18(25)26)17(24)11-6-13(20)16(10(2)15(11)22)23-8-14(21)19(9-23)4-5-19/h3,6-7,14H,1,4-5,8-9,21H2,2H3,(H,25,26). The fourth-order valence-electron chi connectivity index (χ4n) is 4.21. The summed E-state index contributed by atoms with van der Waals surface area (Å²) in [5, 5.41) is 9.28. The van der Waals surface area contributed by atoms with Crippen molar-refractivity contribution in [3.8, 4) is 0 Å². The summed E-state index contributed by atoms with van der Waals surface area (Å²) in [6.07, 6.45) is 4.75. The molecule has 1 spiro atoms. The molecule has 2 heterocycles. The Morgan fingerprint density at radius 3 is 2.73 bits per heavy atom. The van der Waals surface area contributed by atoms with Gasteiger partial charge in [0.1, 0.15) is 11.4 Å². The Hall–Kier alpha value is -2.67. The van der Waals surface area contributed by atoms with Crippen molar-refractivity contribution >= 4 is 28.8 Å². The Kier molecular flexibility index (Phi) is 3.49. The van der Waals surface area contributed by atoms with E-state index in [0.29, 0.717) is 29.9 Å². The van der Waals surface area contributed by atoms with Crippen LogP contribution in [0.3, 0.4) is 0 Å². The molecule has 0 amide bonds. The summed E-state index contributed by atoms with van der Waals surface area (Å²) in [6.45, 7) is 6.69. The van der Waals surface area contributed by atoms with E-state index in [1.807, 2.05) is 4.90 Å². The lowest BCUT2D eigenvalue weighted by Gasteiger charge is -2.23. The molecule has 6 nitrogen and oxygen atoms in total. The van der Waals surface area contributed by atoms with Gasteiger partial charge in [-0.15, -0.1) is 0 Å². The first-order chi connectivity index (χ1) is 12.3. The zero-order valence-corrected chi connectivity index (χ0v) is 14.5. The Morgan fingerprint density at radius 2 is 2.19 bits per heavy atom. The number of nitrogens with two attached hydrogens (primary N) is 1. The Bertz CT molecular complexity index is 1020. The van der Waals surface area contributed by atoms with Crippen LogP contribution >= 0.6 is 0 Å². The number of hydrogen-bond donors (Lipinski definition) is 2. The number of benzene rings is 1. The van der Waals surface area contributed by atoms with E-state index in [9.17, 15) is 19.1 Å². The average Bonchev–Trinajstić information content (AvgIpc) is 3.28. The van der Waals surface area contributed by atoms with Crippen molar-refractivity contribution in [1.29, 1.82) is 0 Å². The van der Waals surface area contributed by atoms with Crippen LogP contribution in [0.4, 0.5) is 10.1 Å². The topological polar surface area (TPSA) is 88.6 Å². The summed E-state index contributed by atoms with van der Waals surface area (Å²) in [5.74, 6) is -1.88. The Morgan fingerprint density at radius 1 is 1.50 bits per heavy atom. The van der Waals surface area contributed by atoms with Crippen molar-refractivity contribution < 1.29 is 14.3 Å². The number of carbonyl (C=O) groups is 1. The number of carboxylic acids is 1. The van der Waals surface area contributed by atoms with Gasteiger partial charge in [-0.3, -0.25) is 4.79 Å². The van der Waals surface area contributed by atoms with Gasteiger partial charge >= 0.3 is 5.97 Å². The molecule has 1 aliphatic heterocycles. The van der Waals surface area contributed by atoms with E-state index >= 15 is 0 Å². The van der Waals surface area contributed by atoms with Gasteiger partial charge in [0.2, 0.25) is 5.43 Å². The molecule has 1 aliphatic carbocycles. The average molecular weight is 357 g/mol. The van der Waals surface area contributed by atoms with Gasteiger partial charge < -0.3 is 20.3 Å². The van der Waals surface area contributed by atoms with Crippen LogP contribution in [0.15, 0.2) is 23.6 Å². The second kappa shape index (κ2) is 5.41. The molecule has 1 atom stereocenters. The predicted molar refractivity (Wildman–Crippen MR) is 98.1 cm³/mol. The number of aryl methyl sites for hydroxylation is 1. The highest BCUT2D eigenvalue weighted by molar-refractivity contribution is 5.96. The van der Waals surface area contributed by atoms with Crippen LogP contribution < -0.4 is 16.1 Å². The van der Waals surface area contributed by atoms with Crippen LogP contribution in [0.1, 0.15) is 28.8 Å². The van der Waals surface area contributed by atoms with Crippen molar-refractivity contribution in [2.75, 3.05) is 18.0 Å². The first kappa shape index (κ1) is 16.8. The van der Waals surface area contributed by atoms with E-state index in [1.54, 1.807) is 6.92 Å². The lowest BCUT2D eigenvalue weighted by molar-refractivity contribution is 0.0695. The minimum atomic E-state index is -1.35. The number of fused-ring (bicyclic) bond motifs is 1. The van der Waals surface area contributed by atoms with Gasteiger partial charge in [0.05, 0.1) is 16.6 Å². The molecule has 1 saturated carbocycles. The number of rotatable bonds is 3. The fraction of sp³-hybridized carbons (Fsp3) is 0.368. The number of carboxylic acid groups (broad SMARTS) is 1. The molecule has 0 bridgehead atoms. The van der Waals surface area contributed by atoms with Gasteiger partial charge in [-0.25, -0.2) is 9.18 Å². The zero-order chi connectivity index (χ0) is 18.8. The number of pyridine rings is 1. The molecule has 0 radical (unpaired) electrons. The third-order valence-corrected chi connectivity index (χ3v) is 5.82. The SMILES string of the molecule is C=Cn1cc(C(=O)O)c(=O)c2cc(F)c(N3CC(N)C4(CC4)C3)c(C)c21. The Labute approximate surface area is 149 Å². The molecule has 1 aromatic carbocycles. The van der Waals surface area contributed by atoms with Crippen LogP contribution in [0, 0.1) is 18.2 Å². The third kappa shape index (κ3) is 2.20. The summed E-state index contributed by atoms with van der Waals surface area (Å²) in [5.41, 5.74) is 6.70. The third-order valence-electron chi connectivity index (χ3n) is 5.82. The number of nitrogens with zero attached hydrogens (tertiary/aromatic N) is 2. The normalized spacial score (nSPS) is 20.7. The molecular weight excluding hydrogens is 337 g/mol. The quantitative estimate of drug-likeness (QED) is 0.879. The van der Waals surface area contributed by atoms with Gasteiger partial charge in [0.15, 0.2) is 0 Å². The second-order valence-corrected chi connectivity index (χ2v) is 7.34. The van der Waals surface area contributed by atoms with E-state index in [4.69, 9.17) is 5.73 Å². The molecule has 1 aromatic heterocycles. The summed E-state index contributed by atoms with van der Waals surface area (Å²) in [4.78, 5) is 25.8.